The first-order valence-electron chi connectivity index (χ1n) is 11.2. The molecule has 0 aliphatic rings. The fourth-order valence-corrected chi connectivity index (χ4v) is 3.98. The minimum atomic E-state index is -0.711. The highest BCUT2D eigenvalue weighted by molar-refractivity contribution is 7.18. The molecule has 2 aromatic carbocycles. The SMILES string of the molecule is CCC(C)C(NC(=O)Nc1ccc(C(C)C)cc1)C(=O)Nc1nnc(-c2ccc(C)cc2)s1. The Morgan fingerprint density at radius 3 is 2.21 bits per heavy atom. The van der Waals surface area contributed by atoms with Crippen molar-refractivity contribution in [2.24, 2.45) is 5.92 Å². The Bertz CT molecular complexity index is 1080. The van der Waals surface area contributed by atoms with Crippen molar-refractivity contribution < 1.29 is 9.59 Å². The molecule has 0 aliphatic carbocycles. The summed E-state index contributed by atoms with van der Waals surface area (Å²) in [6.07, 6.45) is 0.728. The summed E-state index contributed by atoms with van der Waals surface area (Å²) in [5, 5.41) is 17.8. The highest BCUT2D eigenvalue weighted by atomic mass is 32.1. The molecule has 0 aliphatic heterocycles. The molecule has 2 unspecified atom stereocenters. The molecule has 3 N–H and O–H groups in total. The summed E-state index contributed by atoms with van der Waals surface area (Å²) in [6, 6.07) is 14.5. The number of nitrogens with zero attached hydrogens (tertiary/aromatic N) is 2. The van der Waals surface area contributed by atoms with E-state index >= 15 is 0 Å². The summed E-state index contributed by atoms with van der Waals surface area (Å²) in [4.78, 5) is 25.6. The van der Waals surface area contributed by atoms with Gasteiger partial charge in [-0.1, -0.05) is 87.4 Å². The number of aryl methyl sites for hydroxylation is 1. The zero-order valence-electron chi connectivity index (χ0n) is 19.7. The topological polar surface area (TPSA) is 96.0 Å². The molecule has 7 nitrogen and oxygen atoms in total. The number of rotatable bonds is 8. The molecule has 8 heteroatoms. The molecule has 0 spiro atoms. The maximum Gasteiger partial charge on any atom is 0.319 e. The van der Waals surface area contributed by atoms with E-state index in [0.717, 1.165) is 22.6 Å². The average Bonchev–Trinajstić information content (AvgIpc) is 3.26. The van der Waals surface area contributed by atoms with Crippen molar-refractivity contribution in [1.29, 1.82) is 0 Å². The maximum atomic E-state index is 13.0. The lowest BCUT2D eigenvalue weighted by atomic mass is 9.98. The lowest BCUT2D eigenvalue weighted by Gasteiger charge is -2.23. The van der Waals surface area contributed by atoms with Crippen molar-refractivity contribution in [3.05, 3.63) is 59.7 Å². The standard InChI is InChI=1S/C25H31N5O2S/c1-6-17(5)21(27-24(32)26-20-13-11-18(12-14-20)15(2)3)22(31)28-25-30-29-23(33-25)19-9-7-16(4)8-10-19/h7-15,17,21H,6H2,1-5H3,(H2,26,27,32)(H,28,30,31). The zero-order valence-corrected chi connectivity index (χ0v) is 20.5. The van der Waals surface area contributed by atoms with Gasteiger partial charge in [0.25, 0.3) is 0 Å². The second-order valence-corrected chi connectivity index (χ2v) is 9.48. The van der Waals surface area contributed by atoms with Crippen LogP contribution in [0, 0.1) is 12.8 Å². The van der Waals surface area contributed by atoms with E-state index in [9.17, 15) is 9.59 Å². The van der Waals surface area contributed by atoms with Gasteiger partial charge >= 0.3 is 6.03 Å². The molecule has 1 aromatic heterocycles. The number of hydrogen-bond donors (Lipinski definition) is 3. The van der Waals surface area contributed by atoms with Crippen LogP contribution in [0.4, 0.5) is 15.6 Å². The summed E-state index contributed by atoms with van der Waals surface area (Å²) in [5.41, 5.74) is 3.97. The predicted octanol–water partition coefficient (Wildman–Crippen LogP) is 5.81. The maximum absolute atomic E-state index is 13.0. The van der Waals surface area contributed by atoms with E-state index in [2.05, 4.69) is 40.0 Å². The number of carbonyl (C=O) groups excluding carboxylic acids is 2. The second-order valence-electron chi connectivity index (χ2n) is 8.51. The Morgan fingerprint density at radius 1 is 0.939 bits per heavy atom. The number of hydrogen-bond acceptors (Lipinski definition) is 5. The van der Waals surface area contributed by atoms with Gasteiger partial charge in [0.05, 0.1) is 0 Å². The van der Waals surface area contributed by atoms with E-state index in [-0.39, 0.29) is 11.8 Å². The molecule has 0 bridgehead atoms. The van der Waals surface area contributed by atoms with Crippen molar-refractivity contribution in [2.75, 3.05) is 10.6 Å². The van der Waals surface area contributed by atoms with Crippen molar-refractivity contribution >= 4 is 34.1 Å². The van der Waals surface area contributed by atoms with Gasteiger partial charge in [0.1, 0.15) is 11.0 Å². The van der Waals surface area contributed by atoms with Gasteiger partial charge in [-0.2, -0.15) is 0 Å². The van der Waals surface area contributed by atoms with Crippen LogP contribution in [0.3, 0.4) is 0 Å². The quantitative estimate of drug-likeness (QED) is 0.391. The number of nitrogens with one attached hydrogen (secondary N) is 3. The number of benzene rings is 2. The van der Waals surface area contributed by atoms with Crippen molar-refractivity contribution in [2.45, 2.75) is 53.0 Å². The minimum absolute atomic E-state index is 0.0662. The van der Waals surface area contributed by atoms with Gasteiger partial charge in [0, 0.05) is 11.3 Å². The van der Waals surface area contributed by atoms with Crippen LogP contribution in [-0.4, -0.2) is 28.2 Å². The van der Waals surface area contributed by atoms with Crippen LogP contribution >= 0.6 is 11.3 Å². The number of amides is 3. The molecule has 0 radical (unpaired) electrons. The summed E-state index contributed by atoms with van der Waals surface area (Å²) in [5.74, 6) is 0.0306. The molecular formula is C25H31N5O2S. The van der Waals surface area contributed by atoms with Crippen LogP contribution in [0.5, 0.6) is 0 Å². The monoisotopic (exact) mass is 465 g/mol. The zero-order chi connectivity index (χ0) is 24.0. The normalized spacial score (nSPS) is 12.8. The smallest absolute Gasteiger partial charge is 0.319 e. The van der Waals surface area contributed by atoms with E-state index in [4.69, 9.17) is 0 Å². The summed E-state index contributed by atoms with van der Waals surface area (Å²) >= 11 is 1.30. The summed E-state index contributed by atoms with van der Waals surface area (Å²) in [6.45, 7) is 10.2. The van der Waals surface area contributed by atoms with Crippen LogP contribution in [0.25, 0.3) is 10.6 Å². The van der Waals surface area contributed by atoms with Crippen LogP contribution < -0.4 is 16.0 Å². The summed E-state index contributed by atoms with van der Waals surface area (Å²) < 4.78 is 0. The number of urea groups is 1. The van der Waals surface area contributed by atoms with E-state index in [1.807, 2.05) is 69.3 Å². The highest BCUT2D eigenvalue weighted by Crippen LogP contribution is 2.27. The molecule has 1 heterocycles. The van der Waals surface area contributed by atoms with Crippen molar-refractivity contribution in [3.8, 4) is 10.6 Å². The van der Waals surface area contributed by atoms with Gasteiger partial charge in [-0.05, 0) is 36.5 Å². The molecule has 0 saturated heterocycles. The number of anilines is 2. The molecule has 0 saturated carbocycles. The van der Waals surface area contributed by atoms with Crippen LogP contribution in [-0.2, 0) is 4.79 Å². The predicted molar refractivity (Wildman–Crippen MR) is 135 cm³/mol. The molecule has 3 rings (SSSR count). The van der Waals surface area contributed by atoms with Crippen LogP contribution in [0.15, 0.2) is 48.5 Å². The Kier molecular flexibility index (Phi) is 8.16. The van der Waals surface area contributed by atoms with Crippen LogP contribution in [0.2, 0.25) is 0 Å². The highest BCUT2D eigenvalue weighted by Gasteiger charge is 2.27. The fourth-order valence-electron chi connectivity index (χ4n) is 3.23. The third-order valence-electron chi connectivity index (χ3n) is 5.57. The molecule has 0 fully saturated rings. The fraction of sp³-hybridized carbons (Fsp3) is 0.360. The number of aromatic nitrogens is 2. The molecule has 3 amide bonds. The molecule has 33 heavy (non-hydrogen) atoms. The Balaban J connectivity index is 1.65. The van der Waals surface area contributed by atoms with Gasteiger partial charge in [-0.3, -0.25) is 10.1 Å². The first kappa shape index (κ1) is 24.4. The Labute approximate surface area is 199 Å². The van der Waals surface area contributed by atoms with Crippen molar-refractivity contribution in [1.82, 2.24) is 15.5 Å². The van der Waals surface area contributed by atoms with Gasteiger partial charge in [-0.25, -0.2) is 4.79 Å². The molecule has 174 valence electrons. The van der Waals surface area contributed by atoms with E-state index in [0.29, 0.717) is 16.7 Å². The van der Waals surface area contributed by atoms with E-state index in [1.165, 1.54) is 16.9 Å². The van der Waals surface area contributed by atoms with Gasteiger partial charge < -0.3 is 10.6 Å². The van der Waals surface area contributed by atoms with E-state index < -0.39 is 12.1 Å². The Hall–Kier alpha value is -3.26. The average molecular weight is 466 g/mol. The molecule has 2 atom stereocenters. The molecular weight excluding hydrogens is 434 g/mol. The lowest BCUT2D eigenvalue weighted by molar-refractivity contribution is -0.119. The van der Waals surface area contributed by atoms with Crippen LogP contribution in [0.1, 0.15) is 51.2 Å². The molecule has 3 aromatic rings. The third kappa shape index (κ3) is 6.61. The minimum Gasteiger partial charge on any atom is -0.326 e. The third-order valence-corrected chi connectivity index (χ3v) is 6.46. The number of carbonyl (C=O) groups is 2. The van der Waals surface area contributed by atoms with Gasteiger partial charge in [-0.15, -0.1) is 10.2 Å². The Morgan fingerprint density at radius 2 is 1.61 bits per heavy atom. The summed E-state index contributed by atoms with van der Waals surface area (Å²) in [7, 11) is 0. The lowest BCUT2D eigenvalue weighted by Crippen LogP contribution is -2.49. The first-order chi connectivity index (χ1) is 15.8. The second kappa shape index (κ2) is 11.0. The van der Waals surface area contributed by atoms with Gasteiger partial charge in [0.2, 0.25) is 11.0 Å². The first-order valence-corrected chi connectivity index (χ1v) is 12.0. The van der Waals surface area contributed by atoms with Gasteiger partial charge in [0.15, 0.2) is 0 Å². The van der Waals surface area contributed by atoms with E-state index in [1.54, 1.807) is 0 Å². The largest absolute Gasteiger partial charge is 0.326 e. The van der Waals surface area contributed by atoms with Crippen molar-refractivity contribution in [3.63, 3.8) is 0 Å².